The van der Waals surface area contributed by atoms with Crippen molar-refractivity contribution in [3.8, 4) is 11.8 Å². The van der Waals surface area contributed by atoms with Crippen LogP contribution in [0.3, 0.4) is 0 Å². The fourth-order valence-corrected chi connectivity index (χ4v) is 1.70. The molecule has 2 nitrogen and oxygen atoms in total. The number of nitrogens with zero attached hydrogens (tertiary/aromatic N) is 1. The molecule has 2 heteroatoms. The van der Waals surface area contributed by atoms with Gasteiger partial charge < -0.3 is 5.32 Å². The Labute approximate surface area is 96.8 Å². The lowest BCUT2D eigenvalue weighted by Crippen LogP contribution is -2.39. The van der Waals surface area contributed by atoms with Crippen LogP contribution in [-0.2, 0) is 0 Å². The summed E-state index contributed by atoms with van der Waals surface area (Å²) < 4.78 is 0. The Kier molecular flexibility index (Phi) is 2.70. The lowest BCUT2D eigenvalue weighted by molar-refractivity contribution is 0.506. The standard InChI is InChI=1S/C14H16N2/c1-4-5-11-6-8-12(9-7-11)13-15-10-14(2,3)16-13/h6-9H,10H2,1-3H3,(H,15,16). The van der Waals surface area contributed by atoms with Crippen molar-refractivity contribution >= 4 is 5.84 Å². The van der Waals surface area contributed by atoms with Gasteiger partial charge in [-0.2, -0.15) is 0 Å². The lowest BCUT2D eigenvalue weighted by Gasteiger charge is -2.18. The second kappa shape index (κ2) is 4.02. The maximum atomic E-state index is 4.50. The largest absolute Gasteiger partial charge is 0.363 e. The number of aliphatic imine (C=N–C) groups is 1. The first-order chi connectivity index (χ1) is 7.61. The molecule has 0 saturated heterocycles. The number of nitrogens with one attached hydrogen (secondary N) is 1. The molecule has 0 bridgehead atoms. The van der Waals surface area contributed by atoms with E-state index in [1.54, 1.807) is 0 Å². The molecule has 1 aliphatic heterocycles. The topological polar surface area (TPSA) is 24.4 Å². The first kappa shape index (κ1) is 10.8. The molecular formula is C14H16N2. The van der Waals surface area contributed by atoms with Crippen LogP contribution in [0.1, 0.15) is 31.9 Å². The summed E-state index contributed by atoms with van der Waals surface area (Å²) in [5, 5.41) is 3.41. The normalized spacial score (nSPS) is 17.1. The van der Waals surface area contributed by atoms with Gasteiger partial charge in [0.15, 0.2) is 0 Å². The molecule has 0 unspecified atom stereocenters. The Morgan fingerprint density at radius 3 is 2.44 bits per heavy atom. The Morgan fingerprint density at radius 2 is 1.94 bits per heavy atom. The van der Waals surface area contributed by atoms with E-state index in [2.05, 4.69) is 48.1 Å². The third-order valence-corrected chi connectivity index (χ3v) is 2.52. The molecule has 1 aromatic carbocycles. The maximum Gasteiger partial charge on any atom is 0.128 e. The van der Waals surface area contributed by atoms with E-state index in [-0.39, 0.29) is 5.54 Å². The van der Waals surface area contributed by atoms with Crippen LogP contribution in [0.4, 0.5) is 0 Å². The molecule has 2 rings (SSSR count). The van der Waals surface area contributed by atoms with Gasteiger partial charge in [0.2, 0.25) is 0 Å². The maximum absolute atomic E-state index is 4.50. The van der Waals surface area contributed by atoms with Gasteiger partial charge in [-0.15, -0.1) is 5.92 Å². The average molecular weight is 212 g/mol. The molecule has 0 atom stereocenters. The Bertz CT molecular complexity index is 470. The summed E-state index contributed by atoms with van der Waals surface area (Å²) >= 11 is 0. The molecule has 0 aliphatic carbocycles. The fourth-order valence-electron chi connectivity index (χ4n) is 1.70. The zero-order valence-corrected chi connectivity index (χ0v) is 9.96. The predicted octanol–water partition coefficient (Wildman–Crippen LogP) is 2.19. The van der Waals surface area contributed by atoms with Crippen LogP contribution in [0.25, 0.3) is 0 Å². The number of hydrogen-bond acceptors (Lipinski definition) is 2. The van der Waals surface area contributed by atoms with Crippen LogP contribution in [0, 0.1) is 11.8 Å². The first-order valence-electron chi connectivity index (χ1n) is 5.46. The average Bonchev–Trinajstić information content (AvgIpc) is 2.61. The van der Waals surface area contributed by atoms with Gasteiger partial charge in [-0.3, -0.25) is 4.99 Å². The van der Waals surface area contributed by atoms with E-state index >= 15 is 0 Å². The van der Waals surface area contributed by atoms with Gasteiger partial charge in [0.1, 0.15) is 5.84 Å². The lowest BCUT2D eigenvalue weighted by atomic mass is 10.1. The van der Waals surface area contributed by atoms with Crippen molar-refractivity contribution in [3.05, 3.63) is 35.4 Å². The van der Waals surface area contributed by atoms with Crippen molar-refractivity contribution in [2.45, 2.75) is 26.3 Å². The summed E-state index contributed by atoms with van der Waals surface area (Å²) in [5.41, 5.74) is 2.26. The number of rotatable bonds is 1. The number of amidine groups is 1. The van der Waals surface area contributed by atoms with Gasteiger partial charge in [0, 0.05) is 11.1 Å². The smallest absolute Gasteiger partial charge is 0.128 e. The molecule has 1 N–H and O–H groups in total. The highest BCUT2D eigenvalue weighted by Crippen LogP contribution is 2.14. The van der Waals surface area contributed by atoms with Gasteiger partial charge in [0.25, 0.3) is 0 Å². The Balaban J connectivity index is 2.19. The van der Waals surface area contributed by atoms with E-state index in [1.807, 2.05) is 19.1 Å². The first-order valence-corrected chi connectivity index (χ1v) is 5.46. The molecule has 0 fully saturated rings. The minimum Gasteiger partial charge on any atom is -0.363 e. The number of benzene rings is 1. The molecule has 0 aromatic heterocycles. The molecule has 0 radical (unpaired) electrons. The second-order valence-corrected chi connectivity index (χ2v) is 4.63. The third kappa shape index (κ3) is 2.25. The highest BCUT2D eigenvalue weighted by Gasteiger charge is 2.25. The van der Waals surface area contributed by atoms with E-state index in [0.29, 0.717) is 0 Å². The Hall–Kier alpha value is -1.75. The van der Waals surface area contributed by atoms with Crippen LogP contribution in [-0.4, -0.2) is 17.9 Å². The molecule has 0 amide bonds. The van der Waals surface area contributed by atoms with Crippen molar-refractivity contribution in [2.75, 3.05) is 6.54 Å². The zero-order valence-electron chi connectivity index (χ0n) is 9.96. The summed E-state index contributed by atoms with van der Waals surface area (Å²) in [5.74, 6) is 6.91. The highest BCUT2D eigenvalue weighted by molar-refractivity contribution is 6.00. The van der Waals surface area contributed by atoms with E-state index < -0.39 is 0 Å². The SMILES string of the molecule is CC#Cc1ccc(C2=NCC(C)(C)N2)cc1. The summed E-state index contributed by atoms with van der Waals surface area (Å²) in [6.45, 7) is 6.98. The van der Waals surface area contributed by atoms with Crippen LogP contribution < -0.4 is 5.32 Å². The summed E-state index contributed by atoms with van der Waals surface area (Å²) in [7, 11) is 0. The van der Waals surface area contributed by atoms with Gasteiger partial charge in [-0.05, 0) is 32.9 Å². The van der Waals surface area contributed by atoms with Crippen molar-refractivity contribution in [1.29, 1.82) is 0 Å². The van der Waals surface area contributed by atoms with Gasteiger partial charge in [-0.25, -0.2) is 0 Å². The molecule has 82 valence electrons. The molecule has 16 heavy (non-hydrogen) atoms. The van der Waals surface area contributed by atoms with Crippen LogP contribution in [0.5, 0.6) is 0 Å². The minimum atomic E-state index is 0.0806. The summed E-state index contributed by atoms with van der Waals surface area (Å²) in [6.07, 6.45) is 0. The highest BCUT2D eigenvalue weighted by atomic mass is 15.1. The van der Waals surface area contributed by atoms with Crippen molar-refractivity contribution in [1.82, 2.24) is 5.32 Å². The van der Waals surface area contributed by atoms with Crippen LogP contribution in [0.2, 0.25) is 0 Å². The van der Waals surface area contributed by atoms with Crippen molar-refractivity contribution in [3.63, 3.8) is 0 Å². The second-order valence-electron chi connectivity index (χ2n) is 4.63. The van der Waals surface area contributed by atoms with E-state index in [4.69, 9.17) is 0 Å². The molecule has 0 saturated carbocycles. The van der Waals surface area contributed by atoms with E-state index in [0.717, 1.165) is 23.5 Å². The van der Waals surface area contributed by atoms with Crippen LogP contribution in [0.15, 0.2) is 29.3 Å². The zero-order chi connectivity index (χ0) is 11.6. The Morgan fingerprint density at radius 1 is 1.25 bits per heavy atom. The van der Waals surface area contributed by atoms with Gasteiger partial charge in [-0.1, -0.05) is 18.1 Å². The third-order valence-electron chi connectivity index (χ3n) is 2.52. The predicted molar refractivity (Wildman–Crippen MR) is 67.6 cm³/mol. The van der Waals surface area contributed by atoms with Crippen molar-refractivity contribution in [2.24, 2.45) is 4.99 Å². The van der Waals surface area contributed by atoms with E-state index in [9.17, 15) is 0 Å². The monoisotopic (exact) mass is 212 g/mol. The quantitative estimate of drug-likeness (QED) is 0.709. The molecular weight excluding hydrogens is 196 g/mol. The van der Waals surface area contributed by atoms with Gasteiger partial charge in [0.05, 0.1) is 12.1 Å². The molecule has 1 aliphatic rings. The summed E-state index contributed by atoms with van der Waals surface area (Å²) in [4.78, 5) is 4.50. The fraction of sp³-hybridized carbons (Fsp3) is 0.357. The van der Waals surface area contributed by atoms with Gasteiger partial charge >= 0.3 is 0 Å². The molecule has 1 heterocycles. The van der Waals surface area contributed by atoms with Crippen molar-refractivity contribution < 1.29 is 0 Å². The summed E-state index contributed by atoms with van der Waals surface area (Å²) in [6, 6.07) is 8.18. The van der Waals surface area contributed by atoms with E-state index in [1.165, 1.54) is 0 Å². The minimum absolute atomic E-state index is 0.0806. The van der Waals surface area contributed by atoms with Crippen LogP contribution >= 0.6 is 0 Å². The molecule has 1 aromatic rings. The molecule has 0 spiro atoms. The number of hydrogen-bond donors (Lipinski definition) is 1.